The van der Waals surface area contributed by atoms with Crippen LogP contribution in [0.3, 0.4) is 0 Å². The zero-order chi connectivity index (χ0) is 18.8. The number of carbonyl (C=O) groups is 2. The van der Waals surface area contributed by atoms with E-state index in [1.165, 1.54) is 5.56 Å². The van der Waals surface area contributed by atoms with Crippen molar-refractivity contribution in [1.29, 1.82) is 0 Å². The van der Waals surface area contributed by atoms with Crippen molar-refractivity contribution in [3.05, 3.63) is 65.7 Å². The highest BCUT2D eigenvalue weighted by Crippen LogP contribution is 2.11. The van der Waals surface area contributed by atoms with E-state index in [4.69, 9.17) is 4.74 Å². The molecule has 2 aromatic rings. The Morgan fingerprint density at radius 2 is 1.73 bits per heavy atom. The van der Waals surface area contributed by atoms with Crippen molar-refractivity contribution in [1.82, 2.24) is 10.2 Å². The molecule has 0 saturated heterocycles. The van der Waals surface area contributed by atoms with Crippen LogP contribution in [0.15, 0.2) is 54.6 Å². The molecule has 1 N–H and O–H groups in total. The Labute approximate surface area is 155 Å². The van der Waals surface area contributed by atoms with E-state index in [9.17, 15) is 9.59 Å². The number of nitrogens with zero attached hydrogens (tertiary/aromatic N) is 1. The second kappa shape index (κ2) is 10.2. The van der Waals surface area contributed by atoms with E-state index < -0.39 is 0 Å². The summed E-state index contributed by atoms with van der Waals surface area (Å²) in [5.74, 6) is 0.740. The number of hydrogen-bond acceptors (Lipinski definition) is 3. The minimum Gasteiger partial charge on any atom is -0.492 e. The molecule has 0 radical (unpaired) electrons. The van der Waals surface area contributed by atoms with Gasteiger partial charge in [0.25, 0.3) is 5.91 Å². The lowest BCUT2D eigenvalue weighted by atomic mass is 10.2. The summed E-state index contributed by atoms with van der Waals surface area (Å²) >= 11 is 0. The molecule has 0 unspecified atom stereocenters. The lowest BCUT2D eigenvalue weighted by Gasteiger charge is -2.17. The molecule has 0 saturated carbocycles. The summed E-state index contributed by atoms with van der Waals surface area (Å²) < 4.78 is 5.64. The number of aryl methyl sites for hydroxylation is 1. The third-order valence-electron chi connectivity index (χ3n) is 4.03. The summed E-state index contributed by atoms with van der Waals surface area (Å²) in [4.78, 5) is 25.7. The van der Waals surface area contributed by atoms with Gasteiger partial charge in [-0.05, 0) is 37.6 Å². The average Bonchev–Trinajstić information content (AvgIpc) is 2.67. The van der Waals surface area contributed by atoms with Gasteiger partial charge < -0.3 is 15.0 Å². The Bertz CT molecular complexity index is 699. The maximum Gasteiger partial charge on any atom is 0.251 e. The Morgan fingerprint density at radius 3 is 2.42 bits per heavy atom. The van der Waals surface area contributed by atoms with Gasteiger partial charge in [-0.1, -0.05) is 35.9 Å². The first-order valence-electron chi connectivity index (χ1n) is 8.83. The van der Waals surface area contributed by atoms with Crippen LogP contribution < -0.4 is 10.1 Å². The van der Waals surface area contributed by atoms with Crippen molar-refractivity contribution in [2.45, 2.75) is 19.8 Å². The molecule has 0 aromatic heterocycles. The van der Waals surface area contributed by atoms with Crippen molar-refractivity contribution in [2.75, 3.05) is 26.7 Å². The van der Waals surface area contributed by atoms with Gasteiger partial charge in [0.05, 0.1) is 6.54 Å². The van der Waals surface area contributed by atoms with Crippen molar-refractivity contribution >= 4 is 11.8 Å². The summed E-state index contributed by atoms with van der Waals surface area (Å²) in [6.07, 6.45) is 1.01. The van der Waals surface area contributed by atoms with Crippen LogP contribution in [0.4, 0.5) is 0 Å². The minimum atomic E-state index is -0.113. The molecule has 5 nitrogen and oxygen atoms in total. The number of amides is 2. The van der Waals surface area contributed by atoms with E-state index in [1.54, 1.807) is 24.1 Å². The quantitative estimate of drug-likeness (QED) is 0.704. The Kier molecular flexibility index (Phi) is 7.68. The second-order valence-corrected chi connectivity index (χ2v) is 6.20. The topological polar surface area (TPSA) is 58.6 Å². The Hall–Kier alpha value is -2.82. The molecule has 2 rings (SSSR count). The molecule has 0 aliphatic carbocycles. The van der Waals surface area contributed by atoms with Gasteiger partial charge in [-0.3, -0.25) is 9.59 Å². The lowest BCUT2D eigenvalue weighted by molar-refractivity contribution is -0.130. The Morgan fingerprint density at radius 1 is 1.04 bits per heavy atom. The van der Waals surface area contributed by atoms with E-state index in [0.717, 1.165) is 5.75 Å². The zero-order valence-corrected chi connectivity index (χ0v) is 15.4. The molecule has 0 fully saturated rings. The first-order chi connectivity index (χ1) is 12.6. The van der Waals surface area contributed by atoms with Gasteiger partial charge in [0.1, 0.15) is 12.4 Å². The largest absolute Gasteiger partial charge is 0.492 e. The molecule has 0 atom stereocenters. The highest BCUT2D eigenvalue weighted by atomic mass is 16.5. The molecule has 138 valence electrons. The van der Waals surface area contributed by atoms with Crippen molar-refractivity contribution in [3.63, 3.8) is 0 Å². The molecule has 26 heavy (non-hydrogen) atoms. The standard InChI is InChI=1S/C21H26N2O3/c1-17-10-12-19(13-11-17)26-16-15-23(2)20(24)9-6-14-22-21(25)18-7-4-3-5-8-18/h3-5,7-8,10-13H,6,9,14-16H2,1-2H3,(H,22,25). The number of rotatable bonds is 9. The van der Waals surface area contributed by atoms with E-state index in [-0.39, 0.29) is 11.8 Å². The van der Waals surface area contributed by atoms with Gasteiger partial charge >= 0.3 is 0 Å². The molecule has 0 aliphatic heterocycles. The van der Waals surface area contributed by atoms with Crippen molar-refractivity contribution in [3.8, 4) is 5.75 Å². The summed E-state index contributed by atoms with van der Waals surface area (Å²) in [6, 6.07) is 16.9. The minimum absolute atomic E-state index is 0.0477. The number of likely N-dealkylation sites (N-methyl/N-ethyl adjacent to an activating group) is 1. The van der Waals surface area contributed by atoms with Crippen LogP contribution >= 0.6 is 0 Å². The monoisotopic (exact) mass is 354 g/mol. The number of nitrogens with one attached hydrogen (secondary N) is 1. The zero-order valence-electron chi connectivity index (χ0n) is 15.4. The number of hydrogen-bond donors (Lipinski definition) is 1. The van der Waals surface area contributed by atoms with E-state index >= 15 is 0 Å². The van der Waals surface area contributed by atoms with Gasteiger partial charge in [-0.25, -0.2) is 0 Å². The van der Waals surface area contributed by atoms with Crippen LogP contribution in [-0.2, 0) is 4.79 Å². The molecule has 2 amide bonds. The van der Waals surface area contributed by atoms with E-state index in [1.807, 2.05) is 49.4 Å². The molecule has 0 heterocycles. The second-order valence-electron chi connectivity index (χ2n) is 6.20. The van der Waals surface area contributed by atoms with Gasteiger partial charge in [-0.15, -0.1) is 0 Å². The molecule has 0 aliphatic rings. The Balaban J connectivity index is 1.59. The summed E-state index contributed by atoms with van der Waals surface area (Å²) in [5, 5.41) is 2.83. The van der Waals surface area contributed by atoms with Crippen LogP contribution in [-0.4, -0.2) is 43.5 Å². The highest BCUT2D eigenvalue weighted by molar-refractivity contribution is 5.94. The first kappa shape index (κ1) is 19.5. The lowest BCUT2D eigenvalue weighted by Crippen LogP contribution is -2.32. The van der Waals surface area contributed by atoms with Crippen LogP contribution in [0.2, 0.25) is 0 Å². The number of carbonyl (C=O) groups excluding carboxylic acids is 2. The SMILES string of the molecule is Cc1ccc(OCCN(C)C(=O)CCCNC(=O)c2ccccc2)cc1. The average molecular weight is 354 g/mol. The third kappa shape index (κ3) is 6.59. The van der Waals surface area contributed by atoms with Gasteiger partial charge in [-0.2, -0.15) is 0 Å². The van der Waals surface area contributed by atoms with E-state index in [2.05, 4.69) is 5.32 Å². The molecule has 2 aromatic carbocycles. The number of ether oxygens (including phenoxy) is 1. The van der Waals surface area contributed by atoms with E-state index in [0.29, 0.717) is 38.1 Å². The van der Waals surface area contributed by atoms with Crippen LogP contribution in [0.25, 0.3) is 0 Å². The fraction of sp³-hybridized carbons (Fsp3) is 0.333. The highest BCUT2D eigenvalue weighted by Gasteiger charge is 2.09. The predicted molar refractivity (Wildman–Crippen MR) is 102 cm³/mol. The first-order valence-corrected chi connectivity index (χ1v) is 8.83. The van der Waals surface area contributed by atoms with Gasteiger partial charge in [0.15, 0.2) is 0 Å². The normalized spacial score (nSPS) is 10.2. The maximum absolute atomic E-state index is 12.1. The van der Waals surface area contributed by atoms with Crippen LogP contribution in [0.1, 0.15) is 28.8 Å². The van der Waals surface area contributed by atoms with Crippen LogP contribution in [0.5, 0.6) is 5.75 Å². The fourth-order valence-corrected chi connectivity index (χ4v) is 2.38. The van der Waals surface area contributed by atoms with Gasteiger partial charge in [0, 0.05) is 25.6 Å². The summed E-state index contributed by atoms with van der Waals surface area (Å²) in [7, 11) is 1.77. The van der Waals surface area contributed by atoms with Crippen LogP contribution in [0, 0.1) is 6.92 Å². The number of benzene rings is 2. The maximum atomic E-state index is 12.1. The molecular weight excluding hydrogens is 328 g/mol. The summed E-state index contributed by atoms with van der Waals surface area (Å²) in [5.41, 5.74) is 1.81. The van der Waals surface area contributed by atoms with Gasteiger partial charge in [0.2, 0.25) is 5.91 Å². The third-order valence-corrected chi connectivity index (χ3v) is 4.03. The molecular formula is C21H26N2O3. The smallest absolute Gasteiger partial charge is 0.251 e. The molecule has 0 bridgehead atoms. The van der Waals surface area contributed by atoms with Crippen molar-refractivity contribution < 1.29 is 14.3 Å². The molecule has 0 spiro atoms. The predicted octanol–water partition coefficient (Wildman–Crippen LogP) is 3.04. The summed E-state index contributed by atoms with van der Waals surface area (Å²) in [6.45, 7) is 3.49. The van der Waals surface area contributed by atoms with Crippen molar-refractivity contribution in [2.24, 2.45) is 0 Å². The molecule has 5 heteroatoms. The fourth-order valence-electron chi connectivity index (χ4n) is 2.38.